The number of nitrogens with zero attached hydrogens (tertiary/aromatic N) is 2. The number of rotatable bonds is 4. The normalized spacial score (nSPS) is 10.7. The number of imidazole rings is 1. The third-order valence-corrected chi connectivity index (χ3v) is 3.11. The Balaban J connectivity index is 2.54. The number of para-hydroxylation sites is 1. The van der Waals surface area contributed by atoms with E-state index >= 15 is 0 Å². The Kier molecular flexibility index (Phi) is 3.67. The predicted molar refractivity (Wildman–Crippen MR) is 70.7 cm³/mol. The van der Waals surface area contributed by atoms with Gasteiger partial charge in [0.05, 0.1) is 18.4 Å². The van der Waals surface area contributed by atoms with E-state index in [-0.39, 0.29) is 6.61 Å². The molecule has 0 saturated heterocycles. The minimum absolute atomic E-state index is 0.131. The van der Waals surface area contributed by atoms with Gasteiger partial charge in [0.15, 0.2) is 0 Å². The predicted octanol–water partition coefficient (Wildman–Crippen LogP) is 1.94. The molecule has 1 aromatic heterocycles. The van der Waals surface area contributed by atoms with Gasteiger partial charge in [-0.25, -0.2) is 4.98 Å². The van der Waals surface area contributed by atoms with Crippen LogP contribution in [-0.2, 0) is 13.5 Å². The number of aryl methyl sites for hydroxylation is 1. The summed E-state index contributed by atoms with van der Waals surface area (Å²) in [4.78, 5) is 4.58. The molecule has 0 saturated carbocycles. The molecule has 0 unspecified atom stereocenters. The van der Waals surface area contributed by atoms with Gasteiger partial charge < -0.3 is 14.4 Å². The average Bonchev–Trinajstić information content (AvgIpc) is 2.67. The van der Waals surface area contributed by atoms with Gasteiger partial charge in [-0.05, 0) is 19.1 Å². The minimum Gasteiger partial charge on any atom is -0.496 e. The molecule has 0 atom stereocenters. The third-order valence-electron chi connectivity index (χ3n) is 3.11. The van der Waals surface area contributed by atoms with Crippen molar-refractivity contribution in [3.8, 4) is 17.1 Å². The van der Waals surface area contributed by atoms with Crippen LogP contribution in [-0.4, -0.2) is 28.4 Å². The Morgan fingerprint density at radius 2 is 2.06 bits per heavy atom. The maximum absolute atomic E-state index is 9.08. The second-order valence-corrected chi connectivity index (χ2v) is 4.20. The second-order valence-electron chi connectivity index (χ2n) is 4.20. The largest absolute Gasteiger partial charge is 0.496 e. The van der Waals surface area contributed by atoms with Gasteiger partial charge in [0, 0.05) is 25.8 Å². The van der Waals surface area contributed by atoms with Crippen molar-refractivity contribution in [1.82, 2.24) is 9.55 Å². The van der Waals surface area contributed by atoms with Crippen LogP contribution in [0, 0.1) is 6.92 Å². The molecule has 0 spiro atoms. The van der Waals surface area contributed by atoms with Crippen LogP contribution >= 0.6 is 0 Å². The molecule has 0 bridgehead atoms. The lowest BCUT2D eigenvalue weighted by atomic mass is 10.2. The number of hydrogen-bond acceptors (Lipinski definition) is 3. The molecule has 4 heteroatoms. The third kappa shape index (κ3) is 2.11. The molecular weight excluding hydrogens is 228 g/mol. The fraction of sp³-hybridized carbons (Fsp3) is 0.357. The Bertz CT molecular complexity index is 547. The highest BCUT2D eigenvalue weighted by molar-refractivity contribution is 5.65. The molecule has 18 heavy (non-hydrogen) atoms. The average molecular weight is 246 g/mol. The summed E-state index contributed by atoms with van der Waals surface area (Å²) < 4.78 is 7.38. The van der Waals surface area contributed by atoms with Crippen molar-refractivity contribution in [2.45, 2.75) is 13.3 Å². The van der Waals surface area contributed by atoms with E-state index in [4.69, 9.17) is 9.84 Å². The Morgan fingerprint density at radius 1 is 1.33 bits per heavy atom. The minimum atomic E-state index is 0.131. The van der Waals surface area contributed by atoms with E-state index in [2.05, 4.69) is 4.98 Å². The zero-order valence-electron chi connectivity index (χ0n) is 11.0. The fourth-order valence-electron chi connectivity index (χ4n) is 2.19. The smallest absolute Gasteiger partial charge is 0.143 e. The van der Waals surface area contributed by atoms with E-state index in [0.29, 0.717) is 6.42 Å². The quantitative estimate of drug-likeness (QED) is 0.896. The number of methoxy groups -OCH3 is 1. The number of aromatic nitrogens is 2. The SMILES string of the molecule is COc1ccccc1-c1nc(C)c(CCO)n1C. The van der Waals surface area contributed by atoms with Gasteiger partial charge in [-0.3, -0.25) is 0 Å². The van der Waals surface area contributed by atoms with Gasteiger partial charge in [0.25, 0.3) is 0 Å². The first-order chi connectivity index (χ1) is 8.69. The zero-order valence-corrected chi connectivity index (χ0v) is 11.0. The monoisotopic (exact) mass is 246 g/mol. The molecule has 1 heterocycles. The van der Waals surface area contributed by atoms with Crippen molar-refractivity contribution < 1.29 is 9.84 Å². The highest BCUT2D eigenvalue weighted by atomic mass is 16.5. The lowest BCUT2D eigenvalue weighted by molar-refractivity contribution is 0.296. The van der Waals surface area contributed by atoms with Crippen molar-refractivity contribution in [3.05, 3.63) is 35.7 Å². The molecule has 2 aromatic rings. The highest BCUT2D eigenvalue weighted by Crippen LogP contribution is 2.29. The fourth-order valence-corrected chi connectivity index (χ4v) is 2.19. The number of ether oxygens (including phenoxy) is 1. The van der Waals surface area contributed by atoms with Crippen LogP contribution in [0.3, 0.4) is 0 Å². The van der Waals surface area contributed by atoms with Crippen LogP contribution in [0.1, 0.15) is 11.4 Å². The summed E-state index contributed by atoms with van der Waals surface area (Å²) in [7, 11) is 3.62. The summed E-state index contributed by atoms with van der Waals surface area (Å²) in [5.74, 6) is 1.68. The van der Waals surface area contributed by atoms with Gasteiger partial charge >= 0.3 is 0 Å². The summed E-state index contributed by atoms with van der Waals surface area (Å²) >= 11 is 0. The van der Waals surface area contributed by atoms with Crippen molar-refractivity contribution in [2.75, 3.05) is 13.7 Å². The van der Waals surface area contributed by atoms with Crippen LogP contribution in [0.4, 0.5) is 0 Å². The van der Waals surface area contributed by atoms with Crippen molar-refractivity contribution in [2.24, 2.45) is 7.05 Å². The molecule has 1 N–H and O–H groups in total. The molecule has 0 aliphatic rings. The van der Waals surface area contributed by atoms with Crippen molar-refractivity contribution in [3.63, 3.8) is 0 Å². The maximum Gasteiger partial charge on any atom is 0.143 e. The van der Waals surface area contributed by atoms with E-state index in [1.807, 2.05) is 42.8 Å². The molecule has 96 valence electrons. The molecule has 2 rings (SSSR count). The number of aliphatic hydroxyl groups excluding tert-OH is 1. The van der Waals surface area contributed by atoms with Crippen LogP contribution < -0.4 is 4.74 Å². The first-order valence-electron chi connectivity index (χ1n) is 5.95. The van der Waals surface area contributed by atoms with Gasteiger partial charge in [0.1, 0.15) is 11.6 Å². The molecule has 0 aliphatic carbocycles. The van der Waals surface area contributed by atoms with E-state index in [9.17, 15) is 0 Å². The summed E-state index contributed by atoms with van der Waals surface area (Å²) in [6.45, 7) is 2.09. The number of hydrogen-bond donors (Lipinski definition) is 1. The van der Waals surface area contributed by atoms with Gasteiger partial charge in [-0.2, -0.15) is 0 Å². The first kappa shape index (κ1) is 12.6. The summed E-state index contributed by atoms with van der Waals surface area (Å²) in [5, 5.41) is 9.08. The standard InChI is InChI=1S/C14H18N2O2/c1-10-12(8-9-17)16(2)14(15-10)11-6-4-5-7-13(11)18-3/h4-7,17H,8-9H2,1-3H3. The lowest BCUT2D eigenvalue weighted by Crippen LogP contribution is -2.02. The van der Waals surface area contributed by atoms with Crippen molar-refractivity contribution >= 4 is 0 Å². The Hall–Kier alpha value is -1.81. The molecule has 1 aromatic carbocycles. The van der Waals surface area contributed by atoms with Gasteiger partial charge in [-0.1, -0.05) is 12.1 Å². The maximum atomic E-state index is 9.08. The molecule has 0 amide bonds. The number of benzene rings is 1. The van der Waals surface area contributed by atoms with E-state index in [1.54, 1.807) is 7.11 Å². The summed E-state index contributed by atoms with van der Waals surface area (Å²) in [6.07, 6.45) is 0.616. The molecule has 0 fully saturated rings. The zero-order chi connectivity index (χ0) is 13.1. The Morgan fingerprint density at radius 3 is 2.72 bits per heavy atom. The van der Waals surface area contributed by atoms with Crippen LogP contribution in [0.2, 0.25) is 0 Å². The van der Waals surface area contributed by atoms with Crippen LogP contribution in [0.15, 0.2) is 24.3 Å². The molecule has 0 aliphatic heterocycles. The number of aliphatic hydroxyl groups is 1. The van der Waals surface area contributed by atoms with Gasteiger partial charge in [-0.15, -0.1) is 0 Å². The van der Waals surface area contributed by atoms with E-state index in [1.165, 1.54) is 0 Å². The van der Waals surface area contributed by atoms with E-state index < -0.39 is 0 Å². The topological polar surface area (TPSA) is 47.3 Å². The van der Waals surface area contributed by atoms with Gasteiger partial charge in [0.2, 0.25) is 0 Å². The molecule has 0 radical (unpaired) electrons. The Labute approximate surface area is 107 Å². The van der Waals surface area contributed by atoms with E-state index in [0.717, 1.165) is 28.5 Å². The van der Waals surface area contributed by atoms with Crippen LogP contribution in [0.5, 0.6) is 5.75 Å². The summed E-state index contributed by atoms with van der Waals surface area (Å²) in [6, 6.07) is 7.81. The lowest BCUT2D eigenvalue weighted by Gasteiger charge is -2.09. The molecule has 4 nitrogen and oxygen atoms in total. The molecular formula is C14H18N2O2. The summed E-state index contributed by atoms with van der Waals surface area (Å²) in [5.41, 5.74) is 2.97. The van der Waals surface area contributed by atoms with Crippen LogP contribution in [0.25, 0.3) is 11.4 Å². The van der Waals surface area contributed by atoms with Crippen molar-refractivity contribution in [1.29, 1.82) is 0 Å². The second kappa shape index (κ2) is 5.23. The first-order valence-corrected chi connectivity index (χ1v) is 5.95. The highest BCUT2D eigenvalue weighted by Gasteiger charge is 2.15.